The van der Waals surface area contributed by atoms with E-state index in [1.54, 1.807) is 4.90 Å². The van der Waals surface area contributed by atoms with Crippen LogP contribution in [-0.2, 0) is 9.53 Å². The fraction of sp³-hybridized carbons (Fsp3) is 0.875. The van der Waals surface area contributed by atoms with Crippen molar-refractivity contribution in [3.05, 3.63) is 0 Å². The van der Waals surface area contributed by atoms with Crippen molar-refractivity contribution in [2.45, 2.75) is 38.5 Å². The number of rotatable bonds is 5. The number of urea groups is 1. The summed E-state index contributed by atoms with van der Waals surface area (Å²) in [5, 5.41) is 12.5. The molecule has 0 radical (unpaired) electrons. The number of nitrogens with one attached hydrogen (secondary N) is 1. The van der Waals surface area contributed by atoms with Crippen LogP contribution >= 0.6 is 0 Å². The van der Waals surface area contributed by atoms with E-state index in [0.29, 0.717) is 32.0 Å². The van der Waals surface area contributed by atoms with Crippen LogP contribution in [0.25, 0.3) is 0 Å². The first-order chi connectivity index (χ1) is 10.6. The maximum atomic E-state index is 12.2. The Kier molecular flexibility index (Phi) is 4.57. The predicted octanol–water partition coefficient (Wildman–Crippen LogP) is 1.70. The minimum absolute atomic E-state index is 0.0994. The highest BCUT2D eigenvalue weighted by atomic mass is 16.5. The molecule has 2 heterocycles. The van der Waals surface area contributed by atoms with Crippen LogP contribution in [0.15, 0.2) is 0 Å². The number of likely N-dealkylation sites (tertiary alicyclic amines) is 1. The first kappa shape index (κ1) is 15.6. The highest BCUT2D eigenvalue weighted by Gasteiger charge is 2.55. The fourth-order valence-electron chi connectivity index (χ4n) is 4.30. The molecular formula is C16H26N2O4. The lowest BCUT2D eigenvalue weighted by molar-refractivity contribution is -0.149. The maximum absolute atomic E-state index is 12.2. The third-order valence-corrected chi connectivity index (χ3v) is 5.67. The molecule has 0 bridgehead atoms. The van der Waals surface area contributed by atoms with Gasteiger partial charge in [-0.05, 0) is 43.9 Å². The number of carbonyl (C=O) groups excluding carboxylic acids is 1. The molecule has 3 atom stereocenters. The monoisotopic (exact) mass is 310 g/mol. The van der Waals surface area contributed by atoms with E-state index in [-0.39, 0.29) is 11.9 Å². The van der Waals surface area contributed by atoms with Gasteiger partial charge in [0.2, 0.25) is 0 Å². The first-order valence-corrected chi connectivity index (χ1v) is 8.46. The van der Waals surface area contributed by atoms with Crippen molar-refractivity contribution >= 4 is 12.0 Å². The van der Waals surface area contributed by atoms with Gasteiger partial charge in [-0.2, -0.15) is 0 Å². The van der Waals surface area contributed by atoms with Crippen LogP contribution in [0.2, 0.25) is 0 Å². The summed E-state index contributed by atoms with van der Waals surface area (Å²) < 4.78 is 5.34. The van der Waals surface area contributed by atoms with Crippen molar-refractivity contribution < 1.29 is 19.4 Å². The average Bonchev–Trinajstić information content (AvgIpc) is 3.17. The smallest absolute Gasteiger partial charge is 0.317 e. The second-order valence-electron chi connectivity index (χ2n) is 7.03. The number of carboxylic acids is 1. The van der Waals surface area contributed by atoms with Crippen molar-refractivity contribution in [2.24, 2.45) is 17.3 Å². The van der Waals surface area contributed by atoms with Crippen LogP contribution in [0.5, 0.6) is 0 Å². The lowest BCUT2D eigenvalue weighted by atomic mass is 9.81. The van der Waals surface area contributed by atoms with Crippen LogP contribution in [0.1, 0.15) is 38.5 Å². The summed E-state index contributed by atoms with van der Waals surface area (Å²) in [6.07, 6.45) is 5.78. The minimum Gasteiger partial charge on any atom is -0.481 e. The zero-order chi connectivity index (χ0) is 15.6. The van der Waals surface area contributed by atoms with E-state index in [1.165, 1.54) is 0 Å². The fourth-order valence-corrected chi connectivity index (χ4v) is 4.30. The third kappa shape index (κ3) is 2.93. The van der Waals surface area contributed by atoms with Crippen molar-refractivity contribution in [1.29, 1.82) is 0 Å². The highest BCUT2D eigenvalue weighted by molar-refractivity contribution is 5.80. The van der Waals surface area contributed by atoms with E-state index >= 15 is 0 Å². The molecule has 0 aromatic rings. The number of aliphatic carboxylic acids is 1. The van der Waals surface area contributed by atoms with Crippen LogP contribution in [0, 0.1) is 17.3 Å². The van der Waals surface area contributed by atoms with Crippen LogP contribution in [0.3, 0.4) is 0 Å². The molecule has 3 aliphatic rings. The third-order valence-electron chi connectivity index (χ3n) is 5.67. The number of ether oxygens (including phenoxy) is 1. The second-order valence-corrected chi connectivity index (χ2v) is 7.03. The second kappa shape index (κ2) is 6.44. The molecule has 2 saturated heterocycles. The van der Waals surface area contributed by atoms with Crippen LogP contribution in [-0.4, -0.2) is 54.9 Å². The number of hydrogen-bond donors (Lipinski definition) is 2. The summed E-state index contributed by atoms with van der Waals surface area (Å²) in [7, 11) is 0. The van der Waals surface area contributed by atoms with Gasteiger partial charge in [0.1, 0.15) is 0 Å². The molecule has 0 spiro atoms. The van der Waals surface area contributed by atoms with E-state index in [9.17, 15) is 14.7 Å². The molecule has 6 heteroatoms. The molecule has 1 saturated carbocycles. The number of carbonyl (C=O) groups is 2. The Labute approximate surface area is 131 Å². The molecule has 22 heavy (non-hydrogen) atoms. The van der Waals surface area contributed by atoms with Crippen LogP contribution in [0.4, 0.5) is 4.79 Å². The number of carboxylic acid groups (broad SMARTS) is 1. The maximum Gasteiger partial charge on any atom is 0.317 e. The predicted molar refractivity (Wildman–Crippen MR) is 80.5 cm³/mol. The molecule has 1 aliphatic carbocycles. The topological polar surface area (TPSA) is 78.9 Å². The Balaban J connectivity index is 1.42. The Morgan fingerprint density at radius 2 is 2.23 bits per heavy atom. The van der Waals surface area contributed by atoms with E-state index in [0.717, 1.165) is 45.3 Å². The van der Waals surface area contributed by atoms with Gasteiger partial charge in [0.05, 0.1) is 5.41 Å². The van der Waals surface area contributed by atoms with Gasteiger partial charge in [0.15, 0.2) is 0 Å². The highest BCUT2D eigenvalue weighted by Crippen LogP contribution is 2.48. The standard InChI is InChI=1S/C16H26N2O4/c19-14(20)16-6-1-4-13(16)9-18(11-16)15(21)17-7-2-3-12-5-8-22-10-12/h12-13H,1-11H2,(H,17,21)(H,19,20)/t12?,13-,16+/m0/s1. The van der Waals surface area contributed by atoms with E-state index in [1.807, 2.05) is 0 Å². The van der Waals surface area contributed by atoms with Gasteiger partial charge in [-0.1, -0.05) is 6.42 Å². The molecule has 2 aliphatic heterocycles. The Hall–Kier alpha value is -1.30. The summed E-state index contributed by atoms with van der Waals surface area (Å²) in [5.74, 6) is 0.0382. The van der Waals surface area contributed by atoms with Crippen molar-refractivity contribution in [3.63, 3.8) is 0 Å². The van der Waals surface area contributed by atoms with Crippen molar-refractivity contribution in [2.75, 3.05) is 32.8 Å². The number of nitrogens with zero attached hydrogens (tertiary/aromatic N) is 1. The normalized spacial score (nSPS) is 33.9. The molecule has 124 valence electrons. The molecular weight excluding hydrogens is 284 g/mol. The summed E-state index contributed by atoms with van der Waals surface area (Å²) in [6, 6.07) is -0.0994. The van der Waals surface area contributed by atoms with Gasteiger partial charge in [-0.3, -0.25) is 4.79 Å². The Morgan fingerprint density at radius 1 is 1.36 bits per heavy atom. The first-order valence-electron chi connectivity index (χ1n) is 8.46. The van der Waals surface area contributed by atoms with Gasteiger partial charge in [0, 0.05) is 32.8 Å². The molecule has 1 unspecified atom stereocenters. The van der Waals surface area contributed by atoms with Crippen LogP contribution < -0.4 is 5.32 Å². The summed E-state index contributed by atoms with van der Waals surface area (Å²) >= 11 is 0. The molecule has 3 rings (SSSR count). The Bertz CT molecular complexity index is 436. The number of fused-ring (bicyclic) bond motifs is 1. The SMILES string of the molecule is O=C(NCCCC1CCOC1)N1C[C@@H]2CCC[C@@]2(C(=O)O)C1. The minimum atomic E-state index is -0.730. The van der Waals surface area contributed by atoms with E-state index in [2.05, 4.69) is 5.32 Å². The van der Waals surface area contributed by atoms with E-state index in [4.69, 9.17) is 4.74 Å². The van der Waals surface area contributed by atoms with Crippen molar-refractivity contribution in [1.82, 2.24) is 10.2 Å². The lowest BCUT2D eigenvalue weighted by Gasteiger charge is -2.23. The summed E-state index contributed by atoms with van der Waals surface area (Å²) in [4.78, 5) is 25.5. The van der Waals surface area contributed by atoms with Gasteiger partial charge >= 0.3 is 12.0 Å². The Morgan fingerprint density at radius 3 is 2.91 bits per heavy atom. The van der Waals surface area contributed by atoms with Gasteiger partial charge in [0.25, 0.3) is 0 Å². The summed E-state index contributed by atoms with van der Waals surface area (Å²) in [6.45, 7) is 3.34. The lowest BCUT2D eigenvalue weighted by Crippen LogP contribution is -2.42. The zero-order valence-electron chi connectivity index (χ0n) is 13.1. The molecule has 6 nitrogen and oxygen atoms in total. The van der Waals surface area contributed by atoms with Crippen molar-refractivity contribution in [3.8, 4) is 0 Å². The molecule has 0 aromatic heterocycles. The van der Waals surface area contributed by atoms with Gasteiger partial charge in [-0.25, -0.2) is 4.79 Å². The van der Waals surface area contributed by atoms with Gasteiger partial charge in [-0.15, -0.1) is 0 Å². The van der Waals surface area contributed by atoms with Gasteiger partial charge < -0.3 is 20.1 Å². The number of hydrogen-bond acceptors (Lipinski definition) is 3. The summed E-state index contributed by atoms with van der Waals surface area (Å²) in [5.41, 5.74) is -0.682. The average molecular weight is 310 g/mol. The molecule has 2 amide bonds. The molecule has 0 aromatic carbocycles. The molecule has 3 fully saturated rings. The largest absolute Gasteiger partial charge is 0.481 e. The number of amides is 2. The van der Waals surface area contributed by atoms with E-state index < -0.39 is 11.4 Å². The zero-order valence-corrected chi connectivity index (χ0v) is 13.1. The molecule has 2 N–H and O–H groups in total. The quantitative estimate of drug-likeness (QED) is 0.758.